The van der Waals surface area contributed by atoms with E-state index in [1.54, 1.807) is 6.07 Å². The van der Waals surface area contributed by atoms with Crippen LogP contribution in [0, 0.1) is 0 Å². The fraction of sp³-hybridized carbons (Fsp3) is 0.241. The maximum absolute atomic E-state index is 12.8. The van der Waals surface area contributed by atoms with Crippen molar-refractivity contribution in [2.75, 3.05) is 19.0 Å². The monoisotopic (exact) mass is 529 g/mol. The molecule has 1 amide bonds. The minimum absolute atomic E-state index is 0.0670. The van der Waals surface area contributed by atoms with E-state index in [0.29, 0.717) is 23.2 Å². The first kappa shape index (κ1) is 26.8. The molecule has 9 heteroatoms. The lowest BCUT2D eigenvalue weighted by Crippen LogP contribution is -2.24. The second-order valence-electron chi connectivity index (χ2n) is 9.93. The number of nitrogens with one attached hydrogen (secondary N) is 1. The number of anilines is 1. The molecule has 2 aromatic heterocycles. The molecule has 0 aliphatic rings. The van der Waals surface area contributed by atoms with Crippen molar-refractivity contribution in [3.63, 3.8) is 0 Å². The molecule has 2 aromatic carbocycles. The average molecular weight is 530 g/mol. The van der Waals surface area contributed by atoms with Crippen LogP contribution in [0.1, 0.15) is 16.1 Å². The Kier molecular flexibility index (Phi) is 8.37. The number of esters is 1. The molecule has 8 nitrogen and oxygen atoms in total. The fourth-order valence-electron chi connectivity index (χ4n) is 3.72. The molecule has 0 bridgehead atoms. The number of hydrogen-bond acceptors (Lipinski definition) is 7. The van der Waals surface area contributed by atoms with Crippen molar-refractivity contribution in [1.82, 2.24) is 9.97 Å². The van der Waals surface area contributed by atoms with Gasteiger partial charge in [0.1, 0.15) is 12.1 Å². The van der Waals surface area contributed by atoms with Gasteiger partial charge in [0.25, 0.3) is 0 Å². The molecule has 0 radical (unpaired) electrons. The number of pyridine rings is 2. The Bertz CT molecular complexity index is 1420. The second kappa shape index (κ2) is 11.9. The van der Waals surface area contributed by atoms with Crippen molar-refractivity contribution in [3.05, 3.63) is 84.1 Å². The van der Waals surface area contributed by atoms with Crippen molar-refractivity contribution in [3.8, 4) is 17.0 Å². The number of hydrogen-bond donors (Lipinski definition) is 1. The van der Waals surface area contributed by atoms with E-state index in [2.05, 4.69) is 29.9 Å². The van der Waals surface area contributed by atoms with Crippen LogP contribution in [0.25, 0.3) is 22.2 Å². The molecular weight excluding hydrogens is 498 g/mol. The van der Waals surface area contributed by atoms with Crippen LogP contribution in [-0.4, -0.2) is 43.8 Å². The molecule has 4 aromatic rings. The third kappa shape index (κ3) is 6.74. The van der Waals surface area contributed by atoms with E-state index >= 15 is 0 Å². The van der Waals surface area contributed by atoms with Crippen molar-refractivity contribution < 1.29 is 23.8 Å². The number of rotatable bonds is 9. The lowest BCUT2D eigenvalue weighted by Gasteiger charge is -2.17. The van der Waals surface area contributed by atoms with Crippen LogP contribution in [0.5, 0.6) is 5.75 Å². The lowest BCUT2D eigenvalue weighted by atomic mass is 10.1. The van der Waals surface area contributed by atoms with E-state index in [9.17, 15) is 9.59 Å². The Morgan fingerprint density at radius 2 is 1.58 bits per heavy atom. The molecule has 0 aliphatic carbocycles. The van der Waals surface area contributed by atoms with Crippen molar-refractivity contribution >= 4 is 36.9 Å². The summed E-state index contributed by atoms with van der Waals surface area (Å²) in [5.74, 6) is -0.388. The van der Waals surface area contributed by atoms with E-state index in [1.807, 2.05) is 66.7 Å². The summed E-state index contributed by atoms with van der Waals surface area (Å²) < 4.78 is 16.5. The van der Waals surface area contributed by atoms with Crippen molar-refractivity contribution in [1.29, 1.82) is 0 Å². The molecule has 0 saturated heterocycles. The van der Waals surface area contributed by atoms with Gasteiger partial charge in [0.05, 0.1) is 19.4 Å². The SMILES string of the molecule is COC(=O)c1nc(NC(=O)OCC[Si](C)(C)C)c2nc(-c3ccccc3)ccc2c1OCc1ccccc1. The maximum atomic E-state index is 12.8. The first-order chi connectivity index (χ1) is 18.2. The third-order valence-corrected chi connectivity index (χ3v) is 7.49. The predicted octanol–water partition coefficient (Wildman–Crippen LogP) is 6.55. The molecule has 4 rings (SSSR count). The number of benzene rings is 2. The molecule has 1 N–H and O–H groups in total. The smallest absolute Gasteiger partial charge is 0.412 e. The zero-order chi connectivity index (χ0) is 27.1. The van der Waals surface area contributed by atoms with Crippen LogP contribution < -0.4 is 10.1 Å². The molecule has 0 aliphatic heterocycles. The zero-order valence-corrected chi connectivity index (χ0v) is 23.0. The van der Waals surface area contributed by atoms with E-state index < -0.39 is 20.1 Å². The van der Waals surface area contributed by atoms with Gasteiger partial charge < -0.3 is 14.2 Å². The molecule has 0 spiro atoms. The summed E-state index contributed by atoms with van der Waals surface area (Å²) in [7, 11) is -0.121. The maximum Gasteiger partial charge on any atom is 0.412 e. The Balaban J connectivity index is 1.78. The number of nitrogens with zero attached hydrogens (tertiary/aromatic N) is 2. The fourth-order valence-corrected chi connectivity index (χ4v) is 4.43. The van der Waals surface area contributed by atoms with Crippen LogP contribution >= 0.6 is 0 Å². The van der Waals surface area contributed by atoms with Crippen LogP contribution in [-0.2, 0) is 16.1 Å². The minimum atomic E-state index is -1.39. The molecular formula is C29H31N3O5Si. The first-order valence-corrected chi connectivity index (χ1v) is 16.0. The largest absolute Gasteiger partial charge is 0.486 e. The molecule has 38 heavy (non-hydrogen) atoms. The van der Waals surface area contributed by atoms with Gasteiger partial charge in [-0.25, -0.2) is 19.6 Å². The lowest BCUT2D eigenvalue weighted by molar-refractivity contribution is 0.0588. The van der Waals surface area contributed by atoms with Crippen LogP contribution in [0.3, 0.4) is 0 Å². The number of carbonyl (C=O) groups is 2. The van der Waals surface area contributed by atoms with Gasteiger partial charge >= 0.3 is 12.1 Å². The van der Waals surface area contributed by atoms with Crippen LogP contribution in [0.15, 0.2) is 72.8 Å². The van der Waals surface area contributed by atoms with Gasteiger partial charge in [-0.2, -0.15) is 0 Å². The molecule has 196 valence electrons. The van der Waals surface area contributed by atoms with E-state index in [1.165, 1.54) is 7.11 Å². The third-order valence-electron chi connectivity index (χ3n) is 5.78. The first-order valence-electron chi connectivity index (χ1n) is 12.3. The topological polar surface area (TPSA) is 99.6 Å². The number of amides is 1. The molecule has 0 fully saturated rings. The summed E-state index contributed by atoms with van der Waals surface area (Å²) in [4.78, 5) is 34.7. The quantitative estimate of drug-likeness (QED) is 0.194. The Morgan fingerprint density at radius 3 is 2.24 bits per heavy atom. The van der Waals surface area contributed by atoms with Crippen molar-refractivity contribution in [2.45, 2.75) is 32.3 Å². The van der Waals surface area contributed by atoms with Crippen LogP contribution in [0.4, 0.5) is 10.6 Å². The highest BCUT2D eigenvalue weighted by Gasteiger charge is 2.24. The van der Waals surface area contributed by atoms with E-state index in [4.69, 9.17) is 19.2 Å². The van der Waals surface area contributed by atoms with Gasteiger partial charge in [0.15, 0.2) is 17.3 Å². The highest BCUT2D eigenvalue weighted by molar-refractivity contribution is 6.76. The standard InChI is InChI=1S/C29H31N3O5Si/c1-35-28(33)25-26(37-19-20-11-7-5-8-12-20)22-15-16-23(21-13-9-6-10-14-21)30-24(22)27(31-25)32-29(34)36-17-18-38(2,3)4/h5-16H,17-19H2,1-4H3,(H,31,32,34). The number of carbonyl (C=O) groups excluding carboxylic acids is 2. The summed E-state index contributed by atoms with van der Waals surface area (Å²) in [6, 6.07) is 23.7. The van der Waals surface area contributed by atoms with Gasteiger partial charge in [0, 0.05) is 19.0 Å². The Labute approximate surface area is 223 Å². The van der Waals surface area contributed by atoms with Gasteiger partial charge in [-0.1, -0.05) is 80.3 Å². The summed E-state index contributed by atoms with van der Waals surface area (Å²) in [6.07, 6.45) is -0.669. The number of methoxy groups -OCH3 is 1. The molecule has 2 heterocycles. The van der Waals surface area contributed by atoms with Crippen LogP contribution in [0.2, 0.25) is 25.7 Å². The molecule has 0 atom stereocenters. The number of ether oxygens (including phenoxy) is 3. The zero-order valence-electron chi connectivity index (χ0n) is 22.0. The van der Waals surface area contributed by atoms with E-state index in [-0.39, 0.29) is 23.9 Å². The minimum Gasteiger partial charge on any atom is -0.486 e. The highest BCUT2D eigenvalue weighted by atomic mass is 28.3. The number of fused-ring (bicyclic) bond motifs is 1. The van der Waals surface area contributed by atoms with Gasteiger partial charge in [-0.15, -0.1) is 0 Å². The van der Waals surface area contributed by atoms with Gasteiger partial charge in [0.2, 0.25) is 0 Å². The Morgan fingerprint density at radius 1 is 0.895 bits per heavy atom. The van der Waals surface area contributed by atoms with E-state index in [0.717, 1.165) is 17.2 Å². The highest BCUT2D eigenvalue weighted by Crippen LogP contribution is 2.35. The predicted molar refractivity (Wildman–Crippen MR) is 150 cm³/mol. The summed E-state index contributed by atoms with van der Waals surface area (Å²) in [6.45, 7) is 7.11. The summed E-state index contributed by atoms with van der Waals surface area (Å²) >= 11 is 0. The normalized spacial score (nSPS) is 11.2. The number of aromatic nitrogens is 2. The van der Waals surface area contributed by atoms with Crippen molar-refractivity contribution in [2.24, 2.45) is 0 Å². The summed E-state index contributed by atoms with van der Waals surface area (Å²) in [5, 5.41) is 3.20. The molecule has 0 saturated carbocycles. The Hall–Kier alpha value is -4.24. The summed E-state index contributed by atoms with van der Waals surface area (Å²) in [5.41, 5.74) is 2.78. The molecule has 0 unspecified atom stereocenters. The second-order valence-corrected chi connectivity index (χ2v) is 15.6. The van der Waals surface area contributed by atoms with Gasteiger partial charge in [-0.3, -0.25) is 5.32 Å². The average Bonchev–Trinajstić information content (AvgIpc) is 2.92. The van der Waals surface area contributed by atoms with Gasteiger partial charge in [-0.05, 0) is 23.7 Å².